The molecular formula is C23H24ClN7O. The SMILES string of the molecule is Cc1cccc(Cn2cc(Nc3ncc(Cl)c(N[C@H]4[C@@H](C(N)=O)[C@@H]5C=C[C@H]4C5)n3)cn2)c1. The smallest absolute Gasteiger partial charge is 0.229 e. The zero-order valence-electron chi connectivity index (χ0n) is 17.6. The number of fused-ring (bicyclic) bond motifs is 2. The number of nitrogens with two attached hydrogens (primary N) is 1. The van der Waals surface area contributed by atoms with Gasteiger partial charge in [0.25, 0.3) is 0 Å². The number of rotatable bonds is 7. The molecule has 32 heavy (non-hydrogen) atoms. The molecule has 0 spiro atoms. The first kappa shape index (κ1) is 20.5. The van der Waals surface area contributed by atoms with Gasteiger partial charge in [0, 0.05) is 12.2 Å². The zero-order valence-corrected chi connectivity index (χ0v) is 18.3. The third-order valence-electron chi connectivity index (χ3n) is 6.15. The van der Waals surface area contributed by atoms with Crippen LogP contribution in [0, 0.1) is 24.7 Å². The quantitative estimate of drug-likeness (QED) is 0.476. The Morgan fingerprint density at radius 2 is 2.12 bits per heavy atom. The van der Waals surface area contributed by atoms with E-state index in [4.69, 9.17) is 17.3 Å². The molecule has 2 bridgehead atoms. The molecule has 2 aliphatic carbocycles. The van der Waals surface area contributed by atoms with Gasteiger partial charge >= 0.3 is 0 Å². The number of anilines is 3. The molecule has 4 N–H and O–H groups in total. The summed E-state index contributed by atoms with van der Waals surface area (Å²) < 4.78 is 1.85. The minimum atomic E-state index is -0.302. The minimum Gasteiger partial charge on any atom is -0.369 e. The standard InChI is InChI=1S/C23H24ClN7O/c1-13-3-2-4-14(7-13)11-31-12-17(9-27-31)28-23-26-10-18(24)22(30-23)29-20-16-6-5-15(8-16)19(20)21(25)32/h2-7,9-10,12,15-16,19-20H,8,11H2,1H3,(H2,25,32)(H2,26,28,29,30)/t15-,16+,19+,20-/m1/s1. The third-order valence-corrected chi connectivity index (χ3v) is 6.43. The van der Waals surface area contributed by atoms with Gasteiger partial charge in [-0.15, -0.1) is 0 Å². The summed E-state index contributed by atoms with van der Waals surface area (Å²) in [7, 11) is 0. The van der Waals surface area contributed by atoms with E-state index in [1.165, 1.54) is 11.1 Å². The van der Waals surface area contributed by atoms with E-state index in [0.717, 1.165) is 12.1 Å². The summed E-state index contributed by atoms with van der Waals surface area (Å²) in [4.78, 5) is 20.8. The number of hydrogen-bond acceptors (Lipinski definition) is 6. The van der Waals surface area contributed by atoms with E-state index in [-0.39, 0.29) is 29.7 Å². The maximum atomic E-state index is 12.0. The number of nitrogens with one attached hydrogen (secondary N) is 2. The lowest BCUT2D eigenvalue weighted by Crippen LogP contribution is -2.41. The molecule has 0 unspecified atom stereocenters. The highest BCUT2D eigenvalue weighted by Crippen LogP contribution is 2.45. The lowest BCUT2D eigenvalue weighted by atomic mass is 9.88. The van der Waals surface area contributed by atoms with Crippen molar-refractivity contribution in [2.45, 2.75) is 25.9 Å². The van der Waals surface area contributed by atoms with Gasteiger partial charge < -0.3 is 16.4 Å². The number of carbonyl (C=O) groups is 1. The number of hydrogen-bond donors (Lipinski definition) is 3. The van der Waals surface area contributed by atoms with Crippen LogP contribution in [0.2, 0.25) is 5.02 Å². The van der Waals surface area contributed by atoms with E-state index in [1.54, 1.807) is 12.4 Å². The Morgan fingerprint density at radius 1 is 1.28 bits per heavy atom. The van der Waals surface area contributed by atoms with Crippen molar-refractivity contribution in [3.63, 3.8) is 0 Å². The Bertz CT molecular complexity index is 1190. The van der Waals surface area contributed by atoms with E-state index < -0.39 is 0 Å². The van der Waals surface area contributed by atoms with Gasteiger partial charge in [-0.3, -0.25) is 9.48 Å². The Balaban J connectivity index is 1.30. The number of halogens is 1. The molecular weight excluding hydrogens is 426 g/mol. The number of amides is 1. The van der Waals surface area contributed by atoms with Crippen LogP contribution in [0.5, 0.6) is 0 Å². The molecule has 1 aromatic carbocycles. The van der Waals surface area contributed by atoms with Gasteiger partial charge in [0.2, 0.25) is 11.9 Å². The summed E-state index contributed by atoms with van der Waals surface area (Å²) in [5.74, 6) is 0.707. The fourth-order valence-electron chi connectivity index (χ4n) is 4.73. The molecule has 5 rings (SSSR count). The van der Waals surface area contributed by atoms with Gasteiger partial charge in [0.1, 0.15) is 5.02 Å². The second-order valence-electron chi connectivity index (χ2n) is 8.48. The van der Waals surface area contributed by atoms with Crippen molar-refractivity contribution >= 4 is 35.0 Å². The molecule has 9 heteroatoms. The number of aromatic nitrogens is 4. The summed E-state index contributed by atoms with van der Waals surface area (Å²) in [6, 6.07) is 8.20. The van der Waals surface area contributed by atoms with Gasteiger partial charge in [-0.05, 0) is 30.7 Å². The first-order valence-corrected chi connectivity index (χ1v) is 11.0. The molecule has 1 amide bonds. The van der Waals surface area contributed by atoms with E-state index >= 15 is 0 Å². The van der Waals surface area contributed by atoms with Crippen LogP contribution < -0.4 is 16.4 Å². The second kappa shape index (κ2) is 8.27. The first-order valence-electron chi connectivity index (χ1n) is 10.6. The summed E-state index contributed by atoms with van der Waals surface area (Å²) in [6.07, 6.45) is 10.3. The van der Waals surface area contributed by atoms with Gasteiger partial charge in [0.05, 0.1) is 30.5 Å². The average Bonchev–Trinajstić information content (AvgIpc) is 3.47. The average molecular weight is 450 g/mol. The maximum absolute atomic E-state index is 12.0. The van der Waals surface area contributed by atoms with Crippen LogP contribution in [-0.4, -0.2) is 31.7 Å². The van der Waals surface area contributed by atoms with Gasteiger partial charge in [0.15, 0.2) is 5.82 Å². The number of primary amides is 1. The molecule has 0 saturated heterocycles. The highest BCUT2D eigenvalue weighted by molar-refractivity contribution is 6.32. The maximum Gasteiger partial charge on any atom is 0.229 e. The molecule has 1 saturated carbocycles. The highest BCUT2D eigenvalue weighted by Gasteiger charge is 2.47. The summed E-state index contributed by atoms with van der Waals surface area (Å²) >= 11 is 6.35. The summed E-state index contributed by atoms with van der Waals surface area (Å²) in [5.41, 5.74) is 8.82. The van der Waals surface area contributed by atoms with Crippen LogP contribution in [0.25, 0.3) is 0 Å². The van der Waals surface area contributed by atoms with Crippen molar-refractivity contribution in [1.29, 1.82) is 0 Å². The van der Waals surface area contributed by atoms with Crippen molar-refractivity contribution in [3.05, 3.63) is 71.2 Å². The normalized spacial score (nSPS) is 23.4. The monoisotopic (exact) mass is 449 g/mol. The van der Waals surface area contributed by atoms with E-state index in [1.807, 2.05) is 16.9 Å². The summed E-state index contributed by atoms with van der Waals surface area (Å²) in [6.45, 7) is 2.74. The van der Waals surface area contributed by atoms with Crippen LogP contribution in [0.15, 0.2) is 55.0 Å². The number of allylic oxidation sites excluding steroid dienone is 1. The molecule has 4 atom stereocenters. The Hall–Kier alpha value is -3.39. The van der Waals surface area contributed by atoms with E-state index in [9.17, 15) is 4.79 Å². The topological polar surface area (TPSA) is 111 Å². The van der Waals surface area contributed by atoms with E-state index in [2.05, 4.69) is 63.0 Å². The van der Waals surface area contributed by atoms with Crippen LogP contribution >= 0.6 is 11.6 Å². The molecule has 8 nitrogen and oxygen atoms in total. The van der Waals surface area contributed by atoms with Crippen LogP contribution in [-0.2, 0) is 11.3 Å². The minimum absolute atomic E-state index is 0.125. The molecule has 2 aromatic heterocycles. The van der Waals surface area contributed by atoms with Crippen LogP contribution in [0.1, 0.15) is 17.5 Å². The fraction of sp³-hybridized carbons (Fsp3) is 0.304. The third kappa shape index (κ3) is 4.05. The number of nitrogens with zero attached hydrogens (tertiary/aromatic N) is 4. The predicted octanol–water partition coefficient (Wildman–Crippen LogP) is 3.51. The molecule has 2 heterocycles. The van der Waals surface area contributed by atoms with Crippen LogP contribution in [0.4, 0.5) is 17.5 Å². The van der Waals surface area contributed by atoms with Gasteiger partial charge in [-0.1, -0.05) is 53.6 Å². The number of benzene rings is 1. The number of carbonyl (C=O) groups excluding carboxylic acids is 1. The fourth-order valence-corrected chi connectivity index (χ4v) is 4.88. The second-order valence-corrected chi connectivity index (χ2v) is 8.88. The van der Waals surface area contributed by atoms with Crippen molar-refractivity contribution in [2.75, 3.05) is 10.6 Å². The number of aryl methyl sites for hydroxylation is 1. The lowest BCUT2D eigenvalue weighted by Gasteiger charge is -2.27. The zero-order chi connectivity index (χ0) is 22.2. The molecule has 0 aliphatic heterocycles. The van der Waals surface area contributed by atoms with E-state index in [0.29, 0.717) is 23.3 Å². The first-order chi connectivity index (χ1) is 15.5. The molecule has 1 fully saturated rings. The Kier molecular flexibility index (Phi) is 5.30. The van der Waals surface area contributed by atoms with Crippen molar-refractivity contribution < 1.29 is 4.79 Å². The highest BCUT2D eigenvalue weighted by atomic mass is 35.5. The molecule has 3 aromatic rings. The van der Waals surface area contributed by atoms with Crippen LogP contribution in [0.3, 0.4) is 0 Å². The molecule has 0 radical (unpaired) electrons. The van der Waals surface area contributed by atoms with Gasteiger partial charge in [-0.2, -0.15) is 10.1 Å². The molecule has 2 aliphatic rings. The van der Waals surface area contributed by atoms with Gasteiger partial charge in [-0.25, -0.2) is 4.98 Å². The largest absolute Gasteiger partial charge is 0.369 e. The van der Waals surface area contributed by atoms with Crippen molar-refractivity contribution in [2.24, 2.45) is 23.5 Å². The Morgan fingerprint density at radius 3 is 2.94 bits per heavy atom. The van der Waals surface area contributed by atoms with Crippen molar-refractivity contribution in [1.82, 2.24) is 19.7 Å². The predicted molar refractivity (Wildman–Crippen MR) is 124 cm³/mol. The van der Waals surface area contributed by atoms with Crippen molar-refractivity contribution in [3.8, 4) is 0 Å². The summed E-state index contributed by atoms with van der Waals surface area (Å²) in [5, 5.41) is 11.3. The Labute approximate surface area is 190 Å². The lowest BCUT2D eigenvalue weighted by molar-refractivity contribution is -0.122. The molecule has 164 valence electrons.